The summed E-state index contributed by atoms with van der Waals surface area (Å²) in [4.78, 5) is 19.6. The fourth-order valence-corrected chi connectivity index (χ4v) is 2.16. The van der Waals surface area contributed by atoms with Gasteiger partial charge in [0.2, 0.25) is 0 Å². The number of aryl methyl sites for hydroxylation is 1. The van der Waals surface area contributed by atoms with Gasteiger partial charge >= 0.3 is 5.97 Å². The second-order valence-electron chi connectivity index (χ2n) is 4.68. The highest BCUT2D eigenvalue weighted by Crippen LogP contribution is 2.26. The highest BCUT2D eigenvalue weighted by Gasteiger charge is 2.11. The normalized spacial score (nSPS) is 10.5. The van der Waals surface area contributed by atoms with Crippen molar-refractivity contribution in [1.82, 2.24) is 9.97 Å². The molecule has 0 radical (unpaired) electrons. The molecule has 0 fully saturated rings. The molecular formula is C16H13N3O2. The minimum Gasteiger partial charge on any atom is -0.478 e. The van der Waals surface area contributed by atoms with Crippen LogP contribution < -0.4 is 5.32 Å². The van der Waals surface area contributed by atoms with E-state index in [2.05, 4.69) is 15.3 Å². The van der Waals surface area contributed by atoms with E-state index in [-0.39, 0.29) is 5.56 Å². The van der Waals surface area contributed by atoms with Gasteiger partial charge in [0.05, 0.1) is 16.9 Å². The lowest BCUT2D eigenvalue weighted by molar-refractivity contribution is 0.0697. The zero-order valence-electron chi connectivity index (χ0n) is 11.4. The van der Waals surface area contributed by atoms with E-state index in [0.29, 0.717) is 5.69 Å². The van der Waals surface area contributed by atoms with Crippen LogP contribution in [0, 0.1) is 6.92 Å². The molecule has 5 heteroatoms. The molecule has 21 heavy (non-hydrogen) atoms. The van der Waals surface area contributed by atoms with Gasteiger partial charge in [-0.25, -0.2) is 4.79 Å². The first-order valence-corrected chi connectivity index (χ1v) is 6.46. The number of hydrogen-bond donors (Lipinski definition) is 2. The Labute approximate surface area is 121 Å². The molecule has 2 heterocycles. The number of anilines is 2. The van der Waals surface area contributed by atoms with E-state index in [1.54, 1.807) is 12.3 Å². The van der Waals surface area contributed by atoms with Crippen LogP contribution in [0.1, 0.15) is 16.1 Å². The third kappa shape index (κ3) is 2.53. The van der Waals surface area contributed by atoms with Gasteiger partial charge in [0.1, 0.15) is 5.56 Å². The molecule has 0 bridgehead atoms. The fourth-order valence-electron chi connectivity index (χ4n) is 2.16. The lowest BCUT2D eigenvalue weighted by Crippen LogP contribution is -2.03. The number of para-hydroxylation sites is 1. The second-order valence-corrected chi connectivity index (χ2v) is 4.68. The summed E-state index contributed by atoms with van der Waals surface area (Å²) in [5.74, 6) is -1.02. The number of nitrogens with one attached hydrogen (secondary N) is 1. The van der Waals surface area contributed by atoms with Crippen LogP contribution in [0.15, 0.2) is 48.8 Å². The van der Waals surface area contributed by atoms with Gasteiger partial charge in [0.15, 0.2) is 0 Å². The van der Waals surface area contributed by atoms with E-state index in [1.807, 2.05) is 37.3 Å². The lowest BCUT2D eigenvalue weighted by atomic mass is 10.1. The summed E-state index contributed by atoms with van der Waals surface area (Å²) in [5, 5.41) is 13.3. The van der Waals surface area contributed by atoms with E-state index in [1.165, 1.54) is 6.20 Å². The predicted octanol–water partition coefficient (Wildman–Crippen LogP) is 3.38. The van der Waals surface area contributed by atoms with Crippen molar-refractivity contribution in [2.45, 2.75) is 6.92 Å². The van der Waals surface area contributed by atoms with Crippen LogP contribution in [0.2, 0.25) is 0 Å². The number of carboxylic acids is 1. The summed E-state index contributed by atoms with van der Waals surface area (Å²) in [6.07, 6.45) is 2.88. The summed E-state index contributed by atoms with van der Waals surface area (Å²) < 4.78 is 0. The monoisotopic (exact) mass is 279 g/mol. The summed E-state index contributed by atoms with van der Waals surface area (Å²) in [7, 11) is 0. The number of fused-ring (bicyclic) bond motifs is 1. The van der Waals surface area contributed by atoms with Crippen molar-refractivity contribution in [3.05, 3.63) is 60.0 Å². The Bertz CT molecular complexity index is 831. The molecule has 3 rings (SSSR count). The molecule has 0 atom stereocenters. The van der Waals surface area contributed by atoms with Crippen LogP contribution in [0.5, 0.6) is 0 Å². The van der Waals surface area contributed by atoms with Crippen LogP contribution in [0.25, 0.3) is 10.9 Å². The average molecular weight is 279 g/mol. The van der Waals surface area contributed by atoms with Crippen molar-refractivity contribution in [3.63, 3.8) is 0 Å². The number of hydrogen-bond acceptors (Lipinski definition) is 4. The Morgan fingerprint density at radius 2 is 2.00 bits per heavy atom. The zero-order chi connectivity index (χ0) is 14.8. The quantitative estimate of drug-likeness (QED) is 0.768. The van der Waals surface area contributed by atoms with Gasteiger partial charge in [-0.1, -0.05) is 18.2 Å². The SMILES string of the molecule is Cc1ccc2cccc(Nc3ccncc3C(=O)O)c2n1. The van der Waals surface area contributed by atoms with Crippen LogP contribution in [-0.4, -0.2) is 21.0 Å². The number of carbonyl (C=O) groups is 1. The Kier molecular flexibility index (Phi) is 3.23. The Hall–Kier alpha value is -2.95. The van der Waals surface area contributed by atoms with Gasteiger partial charge in [-0.2, -0.15) is 0 Å². The number of rotatable bonds is 3. The number of nitrogens with zero attached hydrogens (tertiary/aromatic N) is 2. The molecule has 3 aromatic rings. The minimum atomic E-state index is -1.02. The van der Waals surface area contributed by atoms with Gasteiger partial charge in [-0.3, -0.25) is 9.97 Å². The van der Waals surface area contributed by atoms with Crippen LogP contribution in [0.3, 0.4) is 0 Å². The predicted molar refractivity (Wildman–Crippen MR) is 81.0 cm³/mol. The third-order valence-corrected chi connectivity index (χ3v) is 3.18. The molecule has 1 aromatic carbocycles. The van der Waals surface area contributed by atoms with E-state index in [4.69, 9.17) is 0 Å². The molecule has 0 amide bonds. The van der Waals surface area contributed by atoms with Gasteiger partial charge < -0.3 is 10.4 Å². The molecule has 2 aromatic heterocycles. The summed E-state index contributed by atoms with van der Waals surface area (Å²) >= 11 is 0. The zero-order valence-corrected chi connectivity index (χ0v) is 11.4. The maximum absolute atomic E-state index is 11.2. The molecule has 0 spiro atoms. The van der Waals surface area contributed by atoms with Crippen molar-refractivity contribution >= 4 is 28.2 Å². The van der Waals surface area contributed by atoms with Crippen molar-refractivity contribution in [2.75, 3.05) is 5.32 Å². The largest absolute Gasteiger partial charge is 0.478 e. The van der Waals surface area contributed by atoms with Gasteiger partial charge in [0, 0.05) is 23.5 Å². The number of carboxylic acid groups (broad SMARTS) is 1. The summed E-state index contributed by atoms with van der Waals surface area (Å²) in [6.45, 7) is 1.92. The maximum atomic E-state index is 11.2. The van der Waals surface area contributed by atoms with E-state index >= 15 is 0 Å². The van der Waals surface area contributed by atoms with Crippen LogP contribution >= 0.6 is 0 Å². The Morgan fingerprint density at radius 1 is 1.14 bits per heavy atom. The molecule has 2 N–H and O–H groups in total. The van der Waals surface area contributed by atoms with Crippen LogP contribution in [-0.2, 0) is 0 Å². The maximum Gasteiger partial charge on any atom is 0.339 e. The van der Waals surface area contributed by atoms with Gasteiger partial charge in [-0.15, -0.1) is 0 Å². The highest BCUT2D eigenvalue weighted by atomic mass is 16.4. The highest BCUT2D eigenvalue weighted by molar-refractivity contribution is 5.98. The van der Waals surface area contributed by atoms with E-state index in [9.17, 15) is 9.90 Å². The Morgan fingerprint density at radius 3 is 2.81 bits per heavy atom. The molecule has 0 aliphatic heterocycles. The molecule has 0 saturated heterocycles. The standard InChI is InChI=1S/C16H13N3O2/c1-10-5-6-11-3-2-4-14(15(11)18-10)19-13-7-8-17-9-12(13)16(20)21/h2-9H,1H3,(H,17,19)(H,20,21). The topological polar surface area (TPSA) is 75.1 Å². The average Bonchev–Trinajstić information content (AvgIpc) is 2.48. The second kappa shape index (κ2) is 5.20. The van der Waals surface area contributed by atoms with Gasteiger partial charge in [-0.05, 0) is 25.1 Å². The van der Waals surface area contributed by atoms with Crippen LogP contribution in [0.4, 0.5) is 11.4 Å². The first kappa shape index (κ1) is 13.1. The van der Waals surface area contributed by atoms with E-state index in [0.717, 1.165) is 22.3 Å². The van der Waals surface area contributed by atoms with Gasteiger partial charge in [0.25, 0.3) is 0 Å². The van der Waals surface area contributed by atoms with E-state index < -0.39 is 5.97 Å². The summed E-state index contributed by atoms with van der Waals surface area (Å²) in [6, 6.07) is 11.3. The molecule has 0 aliphatic carbocycles. The molecule has 5 nitrogen and oxygen atoms in total. The van der Waals surface area contributed by atoms with Crippen molar-refractivity contribution in [1.29, 1.82) is 0 Å². The number of pyridine rings is 2. The minimum absolute atomic E-state index is 0.127. The smallest absolute Gasteiger partial charge is 0.339 e. The Balaban J connectivity index is 2.11. The molecule has 104 valence electrons. The first-order chi connectivity index (χ1) is 10.1. The van der Waals surface area contributed by atoms with Crippen molar-refractivity contribution in [3.8, 4) is 0 Å². The first-order valence-electron chi connectivity index (χ1n) is 6.46. The number of aromatic nitrogens is 2. The number of benzene rings is 1. The summed E-state index contributed by atoms with van der Waals surface area (Å²) in [5.41, 5.74) is 3.11. The molecule has 0 unspecified atom stereocenters. The van der Waals surface area contributed by atoms with Crippen molar-refractivity contribution < 1.29 is 9.90 Å². The lowest BCUT2D eigenvalue weighted by Gasteiger charge is -2.11. The molecular weight excluding hydrogens is 266 g/mol. The molecule has 0 aliphatic rings. The fraction of sp³-hybridized carbons (Fsp3) is 0.0625. The molecule has 0 saturated carbocycles. The third-order valence-electron chi connectivity index (χ3n) is 3.18. The number of aromatic carboxylic acids is 1. The van der Waals surface area contributed by atoms with Crippen molar-refractivity contribution in [2.24, 2.45) is 0 Å².